The van der Waals surface area contributed by atoms with E-state index in [4.69, 9.17) is 9.47 Å². The summed E-state index contributed by atoms with van der Waals surface area (Å²) in [5.41, 5.74) is 1.59. The van der Waals surface area contributed by atoms with Gasteiger partial charge in [0.2, 0.25) is 5.91 Å². The second-order valence-electron chi connectivity index (χ2n) is 5.98. The van der Waals surface area contributed by atoms with Crippen LogP contribution in [0.15, 0.2) is 35.7 Å². The van der Waals surface area contributed by atoms with E-state index >= 15 is 0 Å². The van der Waals surface area contributed by atoms with Crippen molar-refractivity contribution >= 4 is 29.3 Å². The van der Waals surface area contributed by atoms with Gasteiger partial charge in [0.05, 0.1) is 23.9 Å². The molecule has 1 aliphatic rings. The molecule has 2 aromatic rings. The number of thiazole rings is 1. The molecule has 1 saturated heterocycles. The molecule has 7 nitrogen and oxygen atoms in total. The third kappa shape index (κ3) is 4.93. The Morgan fingerprint density at radius 1 is 1.44 bits per heavy atom. The lowest BCUT2D eigenvalue weighted by Gasteiger charge is -2.32. The van der Waals surface area contributed by atoms with Gasteiger partial charge < -0.3 is 19.5 Å². The van der Waals surface area contributed by atoms with Crippen LogP contribution in [0.2, 0.25) is 0 Å². The van der Waals surface area contributed by atoms with Crippen LogP contribution in [0.25, 0.3) is 6.08 Å². The minimum Gasteiger partial charge on any atom is -0.487 e. The summed E-state index contributed by atoms with van der Waals surface area (Å²) in [4.78, 5) is 29.4. The predicted molar refractivity (Wildman–Crippen MR) is 101 cm³/mol. The van der Waals surface area contributed by atoms with Gasteiger partial charge in [-0.2, -0.15) is 0 Å². The van der Waals surface area contributed by atoms with Gasteiger partial charge in [-0.05, 0) is 19.1 Å². The van der Waals surface area contributed by atoms with Crippen LogP contribution >= 0.6 is 11.3 Å². The number of para-hydroxylation sites is 1. The summed E-state index contributed by atoms with van der Waals surface area (Å²) in [6.07, 6.45) is 3.01. The van der Waals surface area contributed by atoms with E-state index in [0.29, 0.717) is 19.0 Å². The van der Waals surface area contributed by atoms with E-state index in [-0.39, 0.29) is 19.1 Å². The van der Waals surface area contributed by atoms with E-state index in [1.54, 1.807) is 17.4 Å². The van der Waals surface area contributed by atoms with Gasteiger partial charge in [-0.1, -0.05) is 18.2 Å². The lowest BCUT2D eigenvalue weighted by Crippen LogP contribution is -2.52. The molecule has 1 N–H and O–H groups in total. The Hall–Kier alpha value is -2.71. The Kier molecular flexibility index (Phi) is 6.20. The number of ether oxygens (including phenoxy) is 2. The van der Waals surface area contributed by atoms with Crippen LogP contribution in [0, 0.1) is 6.92 Å². The highest BCUT2D eigenvalue weighted by Crippen LogP contribution is 2.21. The SMILES string of the molecule is Cc1nc(COc2ccccc2C=CC(=O)N2CCOCC2C(=O)O)cs1. The van der Waals surface area contributed by atoms with Gasteiger partial charge in [0.25, 0.3) is 0 Å². The van der Waals surface area contributed by atoms with Gasteiger partial charge in [0, 0.05) is 23.6 Å². The van der Waals surface area contributed by atoms with E-state index in [1.165, 1.54) is 11.0 Å². The normalized spacial score (nSPS) is 17.2. The zero-order valence-corrected chi connectivity index (χ0v) is 15.6. The largest absolute Gasteiger partial charge is 0.487 e. The number of nitrogens with zero attached hydrogens (tertiary/aromatic N) is 2. The number of aromatic nitrogens is 1. The Balaban J connectivity index is 1.69. The summed E-state index contributed by atoms with van der Waals surface area (Å²) < 4.78 is 11.0. The number of hydrogen-bond acceptors (Lipinski definition) is 6. The van der Waals surface area contributed by atoms with Crippen molar-refractivity contribution in [2.24, 2.45) is 0 Å². The van der Waals surface area contributed by atoms with E-state index in [0.717, 1.165) is 16.3 Å². The molecular weight excluding hydrogens is 368 g/mol. The third-order valence-electron chi connectivity index (χ3n) is 4.06. The topological polar surface area (TPSA) is 89.0 Å². The Morgan fingerprint density at radius 3 is 3.00 bits per heavy atom. The van der Waals surface area contributed by atoms with Gasteiger partial charge in [0.15, 0.2) is 6.04 Å². The fourth-order valence-corrected chi connectivity index (χ4v) is 3.30. The Labute approximate surface area is 160 Å². The zero-order chi connectivity index (χ0) is 19.2. The minimum absolute atomic E-state index is 0.00166. The number of amides is 1. The highest BCUT2D eigenvalue weighted by Gasteiger charge is 2.31. The monoisotopic (exact) mass is 388 g/mol. The second kappa shape index (κ2) is 8.79. The summed E-state index contributed by atoms with van der Waals surface area (Å²) in [5, 5.41) is 12.2. The van der Waals surface area contributed by atoms with Gasteiger partial charge in [0.1, 0.15) is 12.4 Å². The van der Waals surface area contributed by atoms with E-state index in [1.807, 2.05) is 36.6 Å². The van der Waals surface area contributed by atoms with Crippen molar-refractivity contribution < 1.29 is 24.2 Å². The average molecular weight is 388 g/mol. The third-order valence-corrected chi connectivity index (χ3v) is 4.89. The highest BCUT2D eigenvalue weighted by molar-refractivity contribution is 7.09. The minimum atomic E-state index is -1.07. The molecule has 8 heteroatoms. The van der Waals surface area contributed by atoms with Gasteiger partial charge in [-0.15, -0.1) is 11.3 Å². The fourth-order valence-electron chi connectivity index (χ4n) is 2.70. The van der Waals surface area contributed by atoms with Crippen molar-refractivity contribution in [2.45, 2.75) is 19.6 Å². The maximum absolute atomic E-state index is 12.5. The molecule has 3 rings (SSSR count). The standard InChI is InChI=1S/C19H20N2O5S/c1-13-20-15(12-27-13)10-26-17-5-3-2-4-14(17)6-7-18(22)21-8-9-25-11-16(21)19(23)24/h2-7,12,16H,8-11H2,1H3,(H,23,24). The van der Waals surface area contributed by atoms with Crippen LogP contribution < -0.4 is 4.74 Å². The molecule has 0 bridgehead atoms. The molecule has 0 spiro atoms. The summed E-state index contributed by atoms with van der Waals surface area (Å²) >= 11 is 1.56. The van der Waals surface area contributed by atoms with Crippen LogP contribution in [0.3, 0.4) is 0 Å². The molecule has 1 aliphatic heterocycles. The molecule has 142 valence electrons. The quantitative estimate of drug-likeness (QED) is 0.764. The van der Waals surface area contributed by atoms with E-state index < -0.39 is 12.0 Å². The molecule has 1 unspecified atom stereocenters. The predicted octanol–water partition coefficient (Wildman–Crippen LogP) is 2.36. The van der Waals surface area contributed by atoms with Crippen molar-refractivity contribution in [3.05, 3.63) is 52.0 Å². The smallest absolute Gasteiger partial charge is 0.328 e. The molecule has 0 saturated carbocycles. The first kappa shape index (κ1) is 19.1. The number of carboxylic acid groups (broad SMARTS) is 1. The Morgan fingerprint density at radius 2 is 2.26 bits per heavy atom. The van der Waals surface area contributed by atoms with Gasteiger partial charge in [-0.25, -0.2) is 9.78 Å². The molecule has 1 aromatic carbocycles. The van der Waals surface area contributed by atoms with Gasteiger partial charge >= 0.3 is 5.97 Å². The molecule has 1 aromatic heterocycles. The number of carbonyl (C=O) groups is 2. The summed E-state index contributed by atoms with van der Waals surface area (Å²) in [5.74, 6) is -0.807. The van der Waals surface area contributed by atoms with Crippen molar-refractivity contribution in [1.82, 2.24) is 9.88 Å². The van der Waals surface area contributed by atoms with E-state index in [2.05, 4.69) is 4.98 Å². The van der Waals surface area contributed by atoms with Crippen molar-refractivity contribution in [3.8, 4) is 5.75 Å². The van der Waals surface area contributed by atoms with Crippen LogP contribution in [-0.2, 0) is 20.9 Å². The number of carbonyl (C=O) groups excluding carboxylic acids is 1. The first-order chi connectivity index (χ1) is 13.0. The number of rotatable bonds is 6. The maximum Gasteiger partial charge on any atom is 0.328 e. The first-order valence-electron chi connectivity index (χ1n) is 8.46. The summed E-state index contributed by atoms with van der Waals surface area (Å²) in [7, 11) is 0. The fraction of sp³-hybridized carbons (Fsp3) is 0.316. The van der Waals surface area contributed by atoms with Crippen molar-refractivity contribution in [1.29, 1.82) is 0 Å². The number of morpholine rings is 1. The molecule has 1 fully saturated rings. The number of carboxylic acids is 1. The molecule has 2 heterocycles. The highest BCUT2D eigenvalue weighted by atomic mass is 32.1. The first-order valence-corrected chi connectivity index (χ1v) is 9.34. The molecule has 1 amide bonds. The zero-order valence-electron chi connectivity index (χ0n) is 14.8. The van der Waals surface area contributed by atoms with Gasteiger partial charge in [-0.3, -0.25) is 4.79 Å². The van der Waals surface area contributed by atoms with Crippen LogP contribution in [-0.4, -0.2) is 52.7 Å². The maximum atomic E-state index is 12.5. The summed E-state index contributed by atoms with van der Waals surface area (Å²) in [6, 6.07) is 6.38. The lowest BCUT2D eigenvalue weighted by atomic mass is 10.1. The average Bonchev–Trinajstić information content (AvgIpc) is 3.10. The molecule has 0 aliphatic carbocycles. The molecule has 0 radical (unpaired) electrons. The number of benzene rings is 1. The Bertz CT molecular complexity index is 848. The second-order valence-corrected chi connectivity index (χ2v) is 7.04. The summed E-state index contributed by atoms with van der Waals surface area (Å²) in [6.45, 7) is 2.86. The van der Waals surface area contributed by atoms with Crippen LogP contribution in [0.4, 0.5) is 0 Å². The molecule has 27 heavy (non-hydrogen) atoms. The number of aliphatic carboxylic acids is 1. The van der Waals surface area contributed by atoms with Crippen molar-refractivity contribution in [2.75, 3.05) is 19.8 Å². The number of aryl methyl sites for hydroxylation is 1. The molecular formula is C19H20N2O5S. The molecule has 1 atom stereocenters. The van der Waals surface area contributed by atoms with E-state index in [9.17, 15) is 14.7 Å². The van der Waals surface area contributed by atoms with Crippen molar-refractivity contribution in [3.63, 3.8) is 0 Å². The van der Waals surface area contributed by atoms with Crippen LogP contribution in [0.1, 0.15) is 16.3 Å². The van der Waals surface area contributed by atoms with Crippen LogP contribution in [0.5, 0.6) is 5.75 Å². The lowest BCUT2D eigenvalue weighted by molar-refractivity contribution is -0.156. The number of hydrogen-bond donors (Lipinski definition) is 1.